The average Bonchev–Trinajstić information content (AvgIpc) is 3.05. The third-order valence-electron chi connectivity index (χ3n) is 3.67. The number of para-hydroxylation sites is 1. The lowest BCUT2D eigenvalue weighted by atomic mass is 10.2. The number of nitrogens with one attached hydrogen (secondary N) is 2. The first kappa shape index (κ1) is 16.9. The van der Waals surface area contributed by atoms with Gasteiger partial charge in [-0.3, -0.25) is 4.79 Å². The normalized spacial score (nSPS) is 10.3. The van der Waals surface area contributed by atoms with Crippen LogP contribution in [0.2, 0.25) is 0 Å². The van der Waals surface area contributed by atoms with Crippen LogP contribution in [0.1, 0.15) is 20.8 Å². The predicted octanol–water partition coefficient (Wildman–Crippen LogP) is 5.53. The van der Waals surface area contributed by atoms with Gasteiger partial charge in [-0.05, 0) is 42.8 Å². The van der Waals surface area contributed by atoms with Crippen LogP contribution < -0.4 is 10.6 Å². The molecule has 0 bridgehead atoms. The van der Waals surface area contributed by atoms with Gasteiger partial charge in [0, 0.05) is 22.3 Å². The maximum Gasteiger partial charge on any atom is 0.255 e. The minimum atomic E-state index is -0.436. The molecular weight excluding hydrogens is 335 g/mol. The van der Waals surface area contributed by atoms with Crippen molar-refractivity contribution < 1.29 is 9.18 Å². The van der Waals surface area contributed by atoms with E-state index in [1.807, 2.05) is 42.6 Å². The van der Waals surface area contributed by atoms with Crippen LogP contribution >= 0.6 is 11.3 Å². The van der Waals surface area contributed by atoms with E-state index in [-0.39, 0.29) is 11.5 Å². The number of hydrogen-bond donors (Lipinski definition) is 2. The van der Waals surface area contributed by atoms with E-state index in [0.717, 1.165) is 21.8 Å². The van der Waals surface area contributed by atoms with Gasteiger partial charge in [-0.25, -0.2) is 4.39 Å². The molecular formula is C20H17FN2OS. The highest BCUT2D eigenvalue weighted by Gasteiger charge is 2.10. The summed E-state index contributed by atoms with van der Waals surface area (Å²) in [4.78, 5) is 13.1. The number of rotatable bonds is 5. The van der Waals surface area contributed by atoms with Crippen molar-refractivity contribution in [2.75, 3.05) is 10.6 Å². The highest BCUT2D eigenvalue weighted by Crippen LogP contribution is 2.27. The van der Waals surface area contributed by atoms with Gasteiger partial charge in [-0.1, -0.05) is 30.8 Å². The second-order valence-corrected chi connectivity index (χ2v) is 6.49. The molecule has 2 aromatic carbocycles. The van der Waals surface area contributed by atoms with Crippen molar-refractivity contribution in [2.24, 2.45) is 0 Å². The highest BCUT2D eigenvalue weighted by molar-refractivity contribution is 7.11. The summed E-state index contributed by atoms with van der Waals surface area (Å²) >= 11 is 1.47. The number of halogens is 1. The standard InChI is InChI=1S/C20H17FN2OS/c1-13-6-3-4-9-18(13)22-14(2)19-11-17(12-25-19)23-20(24)15-7-5-8-16(21)10-15/h3-12,22H,2H2,1H3,(H,23,24). The zero-order valence-corrected chi connectivity index (χ0v) is 14.5. The van der Waals surface area contributed by atoms with E-state index in [2.05, 4.69) is 17.2 Å². The second kappa shape index (κ2) is 7.32. The predicted molar refractivity (Wildman–Crippen MR) is 103 cm³/mol. The van der Waals surface area contributed by atoms with Crippen LogP contribution in [0.3, 0.4) is 0 Å². The first-order valence-electron chi connectivity index (χ1n) is 7.70. The summed E-state index contributed by atoms with van der Waals surface area (Å²) in [5.74, 6) is -0.782. The third kappa shape index (κ3) is 4.14. The van der Waals surface area contributed by atoms with Gasteiger partial charge in [0.1, 0.15) is 5.82 Å². The van der Waals surface area contributed by atoms with Gasteiger partial charge in [0.2, 0.25) is 0 Å². The second-order valence-electron chi connectivity index (χ2n) is 5.58. The highest BCUT2D eigenvalue weighted by atomic mass is 32.1. The number of hydrogen-bond acceptors (Lipinski definition) is 3. The summed E-state index contributed by atoms with van der Waals surface area (Å²) in [6, 6.07) is 15.4. The molecule has 1 heterocycles. The fourth-order valence-corrected chi connectivity index (χ4v) is 3.10. The van der Waals surface area contributed by atoms with E-state index in [9.17, 15) is 9.18 Å². The molecule has 0 saturated carbocycles. The molecule has 0 aliphatic carbocycles. The molecule has 0 aliphatic rings. The quantitative estimate of drug-likeness (QED) is 0.634. The van der Waals surface area contributed by atoms with E-state index < -0.39 is 5.82 Å². The molecule has 0 fully saturated rings. The minimum absolute atomic E-state index is 0.282. The van der Waals surface area contributed by atoms with Crippen molar-refractivity contribution in [1.29, 1.82) is 0 Å². The van der Waals surface area contributed by atoms with Crippen molar-refractivity contribution in [2.45, 2.75) is 6.92 Å². The lowest BCUT2D eigenvalue weighted by Gasteiger charge is -2.10. The van der Waals surface area contributed by atoms with Crippen LogP contribution in [0.25, 0.3) is 5.70 Å². The van der Waals surface area contributed by atoms with Gasteiger partial charge >= 0.3 is 0 Å². The average molecular weight is 352 g/mol. The number of aryl methyl sites for hydroxylation is 1. The number of anilines is 2. The van der Waals surface area contributed by atoms with E-state index in [1.54, 1.807) is 6.07 Å². The first-order valence-corrected chi connectivity index (χ1v) is 8.58. The van der Waals surface area contributed by atoms with Crippen LogP contribution in [0.5, 0.6) is 0 Å². The number of amides is 1. The van der Waals surface area contributed by atoms with E-state index in [1.165, 1.54) is 29.5 Å². The van der Waals surface area contributed by atoms with Crippen molar-refractivity contribution in [3.63, 3.8) is 0 Å². The van der Waals surface area contributed by atoms with Gasteiger partial charge in [-0.15, -0.1) is 11.3 Å². The van der Waals surface area contributed by atoms with E-state index >= 15 is 0 Å². The molecule has 0 atom stereocenters. The van der Waals surface area contributed by atoms with Gasteiger partial charge < -0.3 is 10.6 Å². The van der Waals surface area contributed by atoms with Crippen LogP contribution in [-0.2, 0) is 0 Å². The van der Waals surface area contributed by atoms with Gasteiger partial charge in [0.25, 0.3) is 5.91 Å². The molecule has 3 rings (SSSR count). The molecule has 0 radical (unpaired) electrons. The van der Waals surface area contributed by atoms with Crippen LogP contribution in [0.15, 0.2) is 66.6 Å². The molecule has 2 N–H and O–H groups in total. The van der Waals surface area contributed by atoms with Gasteiger partial charge in [0.05, 0.1) is 10.6 Å². The van der Waals surface area contributed by atoms with Crippen LogP contribution in [-0.4, -0.2) is 5.91 Å². The van der Waals surface area contributed by atoms with E-state index in [4.69, 9.17) is 0 Å². The molecule has 0 aliphatic heterocycles. The minimum Gasteiger partial charge on any atom is -0.355 e. The molecule has 3 aromatic rings. The number of thiophene rings is 1. The summed E-state index contributed by atoms with van der Waals surface area (Å²) in [6.45, 7) is 6.08. The van der Waals surface area contributed by atoms with Crippen molar-refractivity contribution in [1.82, 2.24) is 0 Å². The third-order valence-corrected chi connectivity index (χ3v) is 4.66. The summed E-state index contributed by atoms with van der Waals surface area (Å²) in [6.07, 6.45) is 0. The number of carbonyl (C=O) groups is 1. The largest absolute Gasteiger partial charge is 0.355 e. The Morgan fingerprint density at radius 3 is 2.64 bits per heavy atom. The summed E-state index contributed by atoms with van der Waals surface area (Å²) in [5, 5.41) is 7.89. The topological polar surface area (TPSA) is 41.1 Å². The van der Waals surface area contributed by atoms with Crippen molar-refractivity contribution in [3.8, 4) is 0 Å². The lowest BCUT2D eigenvalue weighted by molar-refractivity contribution is 0.102. The molecule has 5 heteroatoms. The number of carbonyl (C=O) groups excluding carboxylic acids is 1. The zero-order valence-electron chi connectivity index (χ0n) is 13.7. The molecule has 0 spiro atoms. The SMILES string of the molecule is C=C(Nc1ccccc1C)c1cc(NC(=O)c2cccc(F)c2)cs1. The zero-order chi connectivity index (χ0) is 17.8. The Hall–Kier alpha value is -2.92. The van der Waals surface area contributed by atoms with Crippen LogP contribution in [0, 0.1) is 12.7 Å². The summed E-state index contributed by atoms with van der Waals surface area (Å²) < 4.78 is 13.2. The maximum atomic E-state index is 13.2. The fraction of sp³-hybridized carbons (Fsp3) is 0.0500. The first-order chi connectivity index (χ1) is 12.0. The molecule has 1 aromatic heterocycles. The Labute approximate surface area is 149 Å². The molecule has 3 nitrogen and oxygen atoms in total. The Balaban J connectivity index is 1.69. The molecule has 0 saturated heterocycles. The van der Waals surface area contributed by atoms with Gasteiger partial charge in [0.15, 0.2) is 0 Å². The maximum absolute atomic E-state index is 13.2. The molecule has 126 valence electrons. The molecule has 1 amide bonds. The summed E-state index contributed by atoms with van der Waals surface area (Å²) in [7, 11) is 0. The van der Waals surface area contributed by atoms with Crippen molar-refractivity contribution in [3.05, 3.63) is 88.4 Å². The van der Waals surface area contributed by atoms with Crippen LogP contribution in [0.4, 0.5) is 15.8 Å². The Bertz CT molecular complexity index is 933. The Kier molecular flexibility index (Phi) is 4.95. The summed E-state index contributed by atoms with van der Waals surface area (Å²) in [5.41, 5.74) is 3.81. The van der Waals surface area contributed by atoms with Gasteiger partial charge in [-0.2, -0.15) is 0 Å². The van der Waals surface area contributed by atoms with Crippen molar-refractivity contribution >= 4 is 34.3 Å². The Morgan fingerprint density at radius 2 is 1.88 bits per heavy atom. The monoisotopic (exact) mass is 352 g/mol. The van der Waals surface area contributed by atoms with E-state index in [0.29, 0.717) is 5.69 Å². The molecule has 25 heavy (non-hydrogen) atoms. The molecule has 0 unspecified atom stereocenters. The fourth-order valence-electron chi connectivity index (χ4n) is 2.33. The Morgan fingerprint density at radius 1 is 1.08 bits per heavy atom. The smallest absolute Gasteiger partial charge is 0.255 e. The number of benzene rings is 2. The lowest BCUT2D eigenvalue weighted by Crippen LogP contribution is -2.11.